The molecule has 4 heteroatoms. The SMILES string of the molecule is CCc1c(N)cnnc1N. The number of nitrogen functional groups attached to an aromatic ring is 2. The second-order valence-electron chi connectivity index (χ2n) is 2.02. The molecular weight excluding hydrogens is 128 g/mol. The van der Waals surface area contributed by atoms with E-state index in [0.29, 0.717) is 11.5 Å². The van der Waals surface area contributed by atoms with E-state index in [1.165, 1.54) is 6.20 Å². The van der Waals surface area contributed by atoms with Crippen LogP contribution in [0, 0.1) is 0 Å². The minimum Gasteiger partial charge on any atom is -0.397 e. The third kappa shape index (κ3) is 1.00. The summed E-state index contributed by atoms with van der Waals surface area (Å²) in [5.41, 5.74) is 12.5. The molecular formula is C6H10N4. The van der Waals surface area contributed by atoms with E-state index in [-0.39, 0.29) is 0 Å². The molecule has 0 aliphatic heterocycles. The van der Waals surface area contributed by atoms with E-state index < -0.39 is 0 Å². The number of anilines is 2. The van der Waals surface area contributed by atoms with Crippen LogP contribution in [0.3, 0.4) is 0 Å². The zero-order valence-corrected chi connectivity index (χ0v) is 5.83. The molecule has 1 aromatic rings. The van der Waals surface area contributed by atoms with Crippen molar-refractivity contribution in [3.05, 3.63) is 11.8 Å². The monoisotopic (exact) mass is 138 g/mol. The van der Waals surface area contributed by atoms with Gasteiger partial charge in [0.2, 0.25) is 0 Å². The van der Waals surface area contributed by atoms with E-state index in [2.05, 4.69) is 10.2 Å². The molecule has 1 heterocycles. The predicted molar refractivity (Wildman–Crippen MR) is 40.2 cm³/mol. The van der Waals surface area contributed by atoms with Crippen LogP contribution in [0.5, 0.6) is 0 Å². The largest absolute Gasteiger partial charge is 0.397 e. The summed E-state index contributed by atoms with van der Waals surface area (Å²) >= 11 is 0. The number of rotatable bonds is 1. The molecule has 4 nitrogen and oxygen atoms in total. The fourth-order valence-electron chi connectivity index (χ4n) is 0.825. The smallest absolute Gasteiger partial charge is 0.151 e. The summed E-state index contributed by atoms with van der Waals surface area (Å²) in [6.07, 6.45) is 2.31. The Hall–Kier alpha value is -1.32. The lowest BCUT2D eigenvalue weighted by Gasteiger charge is -2.02. The first kappa shape index (κ1) is 6.80. The van der Waals surface area contributed by atoms with Gasteiger partial charge in [-0.3, -0.25) is 0 Å². The third-order valence-corrected chi connectivity index (χ3v) is 1.37. The molecule has 0 bridgehead atoms. The van der Waals surface area contributed by atoms with Crippen molar-refractivity contribution in [3.63, 3.8) is 0 Å². The third-order valence-electron chi connectivity index (χ3n) is 1.37. The molecule has 0 amide bonds. The molecule has 1 rings (SSSR count). The van der Waals surface area contributed by atoms with Crippen molar-refractivity contribution in [2.45, 2.75) is 13.3 Å². The van der Waals surface area contributed by atoms with Gasteiger partial charge in [-0.15, -0.1) is 5.10 Å². The molecule has 0 atom stereocenters. The van der Waals surface area contributed by atoms with E-state index in [1.54, 1.807) is 0 Å². The van der Waals surface area contributed by atoms with Gasteiger partial charge in [0, 0.05) is 5.56 Å². The maximum absolute atomic E-state index is 5.55. The van der Waals surface area contributed by atoms with Gasteiger partial charge in [0.15, 0.2) is 5.82 Å². The Morgan fingerprint density at radius 2 is 2.20 bits per heavy atom. The van der Waals surface area contributed by atoms with Crippen molar-refractivity contribution >= 4 is 11.5 Å². The lowest BCUT2D eigenvalue weighted by atomic mass is 10.2. The molecule has 0 saturated carbocycles. The van der Waals surface area contributed by atoms with Crippen LogP contribution < -0.4 is 11.5 Å². The minimum atomic E-state index is 0.433. The van der Waals surface area contributed by atoms with Crippen molar-refractivity contribution in [1.29, 1.82) is 0 Å². The highest BCUT2D eigenvalue weighted by Gasteiger charge is 2.01. The number of hydrogen-bond acceptors (Lipinski definition) is 4. The van der Waals surface area contributed by atoms with E-state index in [1.807, 2.05) is 6.92 Å². The number of nitrogens with zero attached hydrogens (tertiary/aromatic N) is 2. The molecule has 0 aliphatic rings. The van der Waals surface area contributed by atoms with E-state index in [0.717, 1.165) is 12.0 Å². The van der Waals surface area contributed by atoms with Crippen molar-refractivity contribution in [2.75, 3.05) is 11.5 Å². The zero-order valence-electron chi connectivity index (χ0n) is 5.83. The van der Waals surface area contributed by atoms with E-state index in [9.17, 15) is 0 Å². The highest BCUT2D eigenvalue weighted by molar-refractivity contribution is 5.54. The molecule has 0 unspecified atom stereocenters. The molecule has 54 valence electrons. The summed E-state index contributed by atoms with van der Waals surface area (Å²) in [6, 6.07) is 0. The molecule has 0 radical (unpaired) electrons. The van der Waals surface area contributed by atoms with Crippen molar-refractivity contribution in [2.24, 2.45) is 0 Å². The Labute approximate surface area is 59.2 Å². The Morgan fingerprint density at radius 1 is 1.50 bits per heavy atom. The fourth-order valence-corrected chi connectivity index (χ4v) is 0.825. The van der Waals surface area contributed by atoms with Gasteiger partial charge in [0.1, 0.15) is 0 Å². The van der Waals surface area contributed by atoms with Gasteiger partial charge in [-0.1, -0.05) is 6.92 Å². The molecule has 0 saturated heterocycles. The van der Waals surface area contributed by atoms with Crippen LogP contribution in [0.1, 0.15) is 12.5 Å². The van der Waals surface area contributed by atoms with Gasteiger partial charge in [-0.05, 0) is 6.42 Å². The summed E-state index contributed by atoms with van der Waals surface area (Å²) < 4.78 is 0. The molecule has 0 aliphatic carbocycles. The van der Waals surface area contributed by atoms with Crippen LogP contribution in [-0.2, 0) is 6.42 Å². The van der Waals surface area contributed by atoms with Crippen LogP contribution in [0.4, 0.5) is 11.5 Å². The normalized spacial score (nSPS) is 9.70. The molecule has 4 N–H and O–H groups in total. The first-order chi connectivity index (χ1) is 4.75. The number of hydrogen-bond donors (Lipinski definition) is 2. The topological polar surface area (TPSA) is 77.8 Å². The Balaban J connectivity index is 3.17. The summed E-state index contributed by atoms with van der Waals surface area (Å²) in [5, 5.41) is 7.25. The second-order valence-corrected chi connectivity index (χ2v) is 2.02. The van der Waals surface area contributed by atoms with Crippen molar-refractivity contribution in [3.8, 4) is 0 Å². The van der Waals surface area contributed by atoms with E-state index >= 15 is 0 Å². The van der Waals surface area contributed by atoms with Gasteiger partial charge >= 0.3 is 0 Å². The molecule has 0 aromatic carbocycles. The highest BCUT2D eigenvalue weighted by Crippen LogP contribution is 2.14. The van der Waals surface area contributed by atoms with Gasteiger partial charge in [-0.2, -0.15) is 5.10 Å². The summed E-state index contributed by atoms with van der Waals surface area (Å²) in [5.74, 6) is 0.433. The number of nitrogens with two attached hydrogens (primary N) is 2. The average Bonchev–Trinajstić information content (AvgIpc) is 1.88. The van der Waals surface area contributed by atoms with Crippen molar-refractivity contribution < 1.29 is 0 Å². The lowest BCUT2D eigenvalue weighted by molar-refractivity contribution is 1.00. The predicted octanol–water partition coefficient (Wildman–Crippen LogP) is 0.203. The Morgan fingerprint density at radius 3 is 2.60 bits per heavy atom. The summed E-state index contributed by atoms with van der Waals surface area (Å²) in [7, 11) is 0. The molecule has 1 aromatic heterocycles. The Kier molecular flexibility index (Phi) is 1.71. The van der Waals surface area contributed by atoms with Crippen LogP contribution in [0.2, 0.25) is 0 Å². The molecule has 0 fully saturated rings. The quantitative estimate of drug-likeness (QED) is 0.581. The standard InChI is InChI=1S/C6H10N4/c1-2-4-5(7)3-9-10-6(4)8/h3H,2H2,1H3,(H4,7,8,10). The minimum absolute atomic E-state index is 0.433. The van der Waals surface area contributed by atoms with Gasteiger partial charge in [-0.25, -0.2) is 0 Å². The van der Waals surface area contributed by atoms with Crippen LogP contribution >= 0.6 is 0 Å². The van der Waals surface area contributed by atoms with Crippen LogP contribution in [-0.4, -0.2) is 10.2 Å². The molecule has 10 heavy (non-hydrogen) atoms. The van der Waals surface area contributed by atoms with Gasteiger partial charge in [0.25, 0.3) is 0 Å². The van der Waals surface area contributed by atoms with Gasteiger partial charge in [0.05, 0.1) is 11.9 Å². The number of aromatic nitrogens is 2. The lowest BCUT2D eigenvalue weighted by Crippen LogP contribution is -2.02. The molecule has 0 spiro atoms. The fraction of sp³-hybridized carbons (Fsp3) is 0.333. The van der Waals surface area contributed by atoms with Crippen LogP contribution in [0.15, 0.2) is 6.20 Å². The average molecular weight is 138 g/mol. The first-order valence-corrected chi connectivity index (χ1v) is 3.11. The highest BCUT2D eigenvalue weighted by atomic mass is 15.1. The van der Waals surface area contributed by atoms with Gasteiger partial charge < -0.3 is 11.5 Å². The zero-order chi connectivity index (χ0) is 7.56. The maximum atomic E-state index is 5.55. The summed E-state index contributed by atoms with van der Waals surface area (Å²) in [4.78, 5) is 0. The first-order valence-electron chi connectivity index (χ1n) is 3.11. The summed E-state index contributed by atoms with van der Waals surface area (Å²) in [6.45, 7) is 1.98. The second kappa shape index (κ2) is 2.51. The maximum Gasteiger partial charge on any atom is 0.151 e. The van der Waals surface area contributed by atoms with Crippen LogP contribution in [0.25, 0.3) is 0 Å². The Bertz CT molecular complexity index is 213. The van der Waals surface area contributed by atoms with E-state index in [4.69, 9.17) is 11.5 Å². The van der Waals surface area contributed by atoms with Crippen molar-refractivity contribution in [1.82, 2.24) is 10.2 Å².